The maximum Gasteiger partial charge on any atom is 0.495 e. The van der Waals surface area contributed by atoms with Gasteiger partial charge in [0.1, 0.15) is 0 Å². The summed E-state index contributed by atoms with van der Waals surface area (Å²) < 4.78 is 12.5. The van der Waals surface area contributed by atoms with E-state index >= 15 is 0 Å². The SMILES string of the molecule is CC(C)C1(Cc2ccccc2B2OC(C)(C)C(C)(C)O2)CC1. The Morgan fingerprint density at radius 3 is 2.05 bits per heavy atom. The molecule has 1 aliphatic carbocycles. The van der Waals surface area contributed by atoms with E-state index in [1.54, 1.807) is 0 Å². The predicted molar refractivity (Wildman–Crippen MR) is 92.4 cm³/mol. The average molecular weight is 300 g/mol. The van der Waals surface area contributed by atoms with E-state index in [-0.39, 0.29) is 18.3 Å². The van der Waals surface area contributed by atoms with Crippen molar-refractivity contribution in [2.24, 2.45) is 11.3 Å². The summed E-state index contributed by atoms with van der Waals surface area (Å²) in [6, 6.07) is 8.66. The highest BCUT2D eigenvalue weighted by molar-refractivity contribution is 6.62. The predicted octanol–water partition coefficient (Wildman–Crippen LogP) is 3.96. The van der Waals surface area contributed by atoms with Crippen LogP contribution in [0.15, 0.2) is 24.3 Å². The lowest BCUT2D eigenvalue weighted by Crippen LogP contribution is -2.41. The van der Waals surface area contributed by atoms with Gasteiger partial charge in [-0.05, 0) is 69.3 Å². The lowest BCUT2D eigenvalue weighted by atomic mass is 9.72. The lowest BCUT2D eigenvalue weighted by Gasteiger charge is -2.32. The van der Waals surface area contributed by atoms with Crippen LogP contribution in [0.4, 0.5) is 0 Å². The molecule has 0 atom stereocenters. The highest BCUT2D eigenvalue weighted by Gasteiger charge is 2.53. The van der Waals surface area contributed by atoms with E-state index in [9.17, 15) is 0 Å². The van der Waals surface area contributed by atoms with Crippen LogP contribution in [0.3, 0.4) is 0 Å². The van der Waals surface area contributed by atoms with Gasteiger partial charge in [0.05, 0.1) is 11.2 Å². The minimum atomic E-state index is -0.278. The summed E-state index contributed by atoms with van der Waals surface area (Å²) in [5.74, 6) is 0.735. The van der Waals surface area contributed by atoms with Crippen molar-refractivity contribution in [2.45, 2.75) is 72.0 Å². The highest BCUT2D eigenvalue weighted by Crippen LogP contribution is 2.54. The second kappa shape index (κ2) is 5.11. The van der Waals surface area contributed by atoms with Crippen molar-refractivity contribution >= 4 is 12.6 Å². The van der Waals surface area contributed by atoms with Crippen molar-refractivity contribution in [3.8, 4) is 0 Å². The molecule has 0 unspecified atom stereocenters. The summed E-state index contributed by atoms with van der Waals surface area (Å²) in [7, 11) is -0.246. The number of hydrogen-bond acceptors (Lipinski definition) is 2. The molecular weight excluding hydrogens is 271 g/mol. The Bertz CT molecular complexity index is 542. The molecule has 22 heavy (non-hydrogen) atoms. The Kier molecular flexibility index (Phi) is 3.73. The summed E-state index contributed by atoms with van der Waals surface area (Å²) in [4.78, 5) is 0. The minimum absolute atomic E-state index is 0.246. The minimum Gasteiger partial charge on any atom is -0.399 e. The first-order valence-electron chi connectivity index (χ1n) is 8.60. The van der Waals surface area contributed by atoms with Crippen molar-refractivity contribution in [1.29, 1.82) is 0 Å². The first kappa shape index (κ1) is 16.1. The van der Waals surface area contributed by atoms with E-state index in [0.717, 1.165) is 12.3 Å². The van der Waals surface area contributed by atoms with E-state index in [1.165, 1.54) is 23.9 Å². The second-order valence-electron chi connectivity index (χ2n) is 8.48. The molecule has 0 amide bonds. The van der Waals surface area contributed by atoms with Gasteiger partial charge in [0, 0.05) is 0 Å². The fourth-order valence-corrected chi connectivity index (χ4v) is 3.39. The molecular formula is C19H29BO2. The van der Waals surface area contributed by atoms with Gasteiger partial charge in [-0.1, -0.05) is 38.1 Å². The number of rotatable bonds is 4. The van der Waals surface area contributed by atoms with Gasteiger partial charge in [0.15, 0.2) is 0 Å². The molecule has 2 fully saturated rings. The third kappa shape index (κ3) is 2.63. The van der Waals surface area contributed by atoms with Gasteiger partial charge < -0.3 is 9.31 Å². The molecule has 0 aromatic heterocycles. The maximum absolute atomic E-state index is 6.26. The smallest absolute Gasteiger partial charge is 0.399 e. The molecule has 1 saturated carbocycles. The third-order valence-electron chi connectivity index (χ3n) is 6.22. The molecule has 1 aliphatic heterocycles. The zero-order valence-corrected chi connectivity index (χ0v) is 14.9. The Hall–Kier alpha value is -0.795. The monoisotopic (exact) mass is 300 g/mol. The zero-order valence-electron chi connectivity index (χ0n) is 14.9. The fraction of sp³-hybridized carbons (Fsp3) is 0.684. The second-order valence-corrected chi connectivity index (χ2v) is 8.48. The molecule has 0 spiro atoms. The van der Waals surface area contributed by atoms with Crippen molar-refractivity contribution in [2.75, 3.05) is 0 Å². The van der Waals surface area contributed by atoms with Crippen LogP contribution in [0.5, 0.6) is 0 Å². The summed E-state index contributed by atoms with van der Waals surface area (Å²) in [5, 5.41) is 0. The van der Waals surface area contributed by atoms with Crippen LogP contribution in [0.1, 0.15) is 59.9 Å². The summed E-state index contributed by atoms with van der Waals surface area (Å²) in [6.45, 7) is 13.2. The molecule has 0 bridgehead atoms. The molecule has 1 heterocycles. The molecule has 2 aliphatic rings. The van der Waals surface area contributed by atoms with Crippen LogP contribution in [0, 0.1) is 11.3 Å². The molecule has 1 aromatic rings. The molecule has 0 radical (unpaired) electrons. The number of benzene rings is 1. The van der Waals surface area contributed by atoms with Crippen molar-refractivity contribution in [1.82, 2.24) is 0 Å². The average Bonchev–Trinajstić information content (AvgIpc) is 3.14. The molecule has 2 nitrogen and oxygen atoms in total. The normalized spacial score (nSPS) is 24.8. The lowest BCUT2D eigenvalue weighted by molar-refractivity contribution is 0.00578. The standard InChI is InChI=1S/C19H29BO2/c1-14(2)19(11-12-19)13-15-9-7-8-10-16(15)20-21-17(3,4)18(5,6)22-20/h7-10,14H,11-13H2,1-6H3. The van der Waals surface area contributed by atoms with Crippen molar-refractivity contribution < 1.29 is 9.31 Å². The molecule has 120 valence electrons. The van der Waals surface area contributed by atoms with Gasteiger partial charge in [-0.3, -0.25) is 0 Å². The summed E-state index contributed by atoms with van der Waals surface area (Å²) in [5.41, 5.74) is 2.56. The quantitative estimate of drug-likeness (QED) is 0.784. The van der Waals surface area contributed by atoms with Gasteiger partial charge in [-0.15, -0.1) is 0 Å². The van der Waals surface area contributed by atoms with Crippen LogP contribution in [0.25, 0.3) is 0 Å². The van der Waals surface area contributed by atoms with Gasteiger partial charge in [-0.2, -0.15) is 0 Å². The van der Waals surface area contributed by atoms with Gasteiger partial charge in [-0.25, -0.2) is 0 Å². The van der Waals surface area contributed by atoms with E-state index in [4.69, 9.17) is 9.31 Å². The van der Waals surface area contributed by atoms with Crippen molar-refractivity contribution in [3.05, 3.63) is 29.8 Å². The highest BCUT2D eigenvalue weighted by atomic mass is 16.7. The largest absolute Gasteiger partial charge is 0.495 e. The van der Waals surface area contributed by atoms with Crippen molar-refractivity contribution in [3.63, 3.8) is 0 Å². The summed E-state index contributed by atoms with van der Waals surface area (Å²) in [6.07, 6.45) is 3.84. The molecule has 1 saturated heterocycles. The summed E-state index contributed by atoms with van der Waals surface area (Å²) >= 11 is 0. The Morgan fingerprint density at radius 2 is 1.55 bits per heavy atom. The van der Waals surface area contributed by atoms with Gasteiger partial charge in [0.25, 0.3) is 0 Å². The van der Waals surface area contributed by atoms with Crippen LogP contribution in [-0.4, -0.2) is 18.3 Å². The molecule has 3 rings (SSSR count). The first-order chi connectivity index (χ1) is 10.2. The Balaban J connectivity index is 1.87. The van der Waals surface area contributed by atoms with E-state index in [0.29, 0.717) is 5.41 Å². The third-order valence-corrected chi connectivity index (χ3v) is 6.22. The van der Waals surface area contributed by atoms with E-state index < -0.39 is 0 Å². The van der Waals surface area contributed by atoms with Crippen LogP contribution >= 0.6 is 0 Å². The Morgan fingerprint density at radius 1 is 1.00 bits per heavy atom. The van der Waals surface area contributed by atoms with Gasteiger partial charge >= 0.3 is 7.12 Å². The molecule has 1 aromatic carbocycles. The van der Waals surface area contributed by atoms with Gasteiger partial charge in [0.2, 0.25) is 0 Å². The number of hydrogen-bond donors (Lipinski definition) is 0. The van der Waals surface area contributed by atoms with E-state index in [2.05, 4.69) is 65.8 Å². The van der Waals surface area contributed by atoms with Crippen LogP contribution in [-0.2, 0) is 15.7 Å². The molecule has 3 heteroatoms. The zero-order chi connectivity index (χ0) is 16.2. The van der Waals surface area contributed by atoms with Crippen LogP contribution < -0.4 is 5.46 Å². The maximum atomic E-state index is 6.26. The van der Waals surface area contributed by atoms with Crippen LogP contribution in [0.2, 0.25) is 0 Å². The fourth-order valence-electron chi connectivity index (χ4n) is 3.39. The molecule has 0 N–H and O–H groups in total. The Labute approximate surface area is 135 Å². The first-order valence-corrected chi connectivity index (χ1v) is 8.60. The van der Waals surface area contributed by atoms with E-state index in [1.807, 2.05) is 0 Å². The topological polar surface area (TPSA) is 18.5 Å².